The van der Waals surface area contributed by atoms with Gasteiger partial charge in [-0.25, -0.2) is 4.79 Å². The maximum Gasteiger partial charge on any atom is 0.314 e. The van der Waals surface area contributed by atoms with E-state index >= 15 is 0 Å². The molecule has 2 aromatic carbocycles. The van der Waals surface area contributed by atoms with E-state index in [9.17, 15) is 4.79 Å². The van der Waals surface area contributed by atoms with Crippen LogP contribution in [0.3, 0.4) is 0 Å². The van der Waals surface area contributed by atoms with Crippen molar-refractivity contribution >= 4 is 6.03 Å². The van der Waals surface area contributed by atoms with Crippen molar-refractivity contribution in [2.75, 3.05) is 19.7 Å². The number of ether oxygens (including phenoxy) is 1. The quantitative estimate of drug-likeness (QED) is 0.716. The molecular weight excluding hydrogens is 312 g/mol. The van der Waals surface area contributed by atoms with Crippen LogP contribution in [0.2, 0.25) is 0 Å². The van der Waals surface area contributed by atoms with Crippen molar-refractivity contribution in [3.05, 3.63) is 64.7 Å². The van der Waals surface area contributed by atoms with E-state index in [1.807, 2.05) is 38.1 Å². The number of rotatable bonds is 8. The predicted octanol–water partition coefficient (Wildman–Crippen LogP) is 3.92. The molecule has 0 unspecified atom stereocenters. The number of carbonyl (C=O) groups excluding carboxylic acids is 1. The molecule has 0 saturated heterocycles. The van der Waals surface area contributed by atoms with Gasteiger partial charge in [0.25, 0.3) is 0 Å². The molecular formula is C21H28N2O2. The van der Waals surface area contributed by atoms with E-state index in [1.54, 1.807) is 0 Å². The number of benzene rings is 2. The van der Waals surface area contributed by atoms with E-state index in [1.165, 1.54) is 11.1 Å². The largest absolute Gasteiger partial charge is 0.493 e. The van der Waals surface area contributed by atoms with Gasteiger partial charge in [0, 0.05) is 13.1 Å². The number of hydrogen-bond acceptors (Lipinski definition) is 2. The Labute approximate surface area is 150 Å². The van der Waals surface area contributed by atoms with Gasteiger partial charge in [-0.3, -0.25) is 0 Å². The molecule has 0 radical (unpaired) electrons. The lowest BCUT2D eigenvalue weighted by molar-refractivity contribution is 0.239. The lowest BCUT2D eigenvalue weighted by Gasteiger charge is -2.12. The van der Waals surface area contributed by atoms with Gasteiger partial charge < -0.3 is 15.4 Å². The number of para-hydroxylation sites is 1. The maximum atomic E-state index is 11.8. The summed E-state index contributed by atoms with van der Waals surface area (Å²) in [7, 11) is 0. The minimum Gasteiger partial charge on any atom is -0.493 e. The molecule has 0 aromatic heterocycles. The second-order valence-corrected chi connectivity index (χ2v) is 6.34. The molecule has 2 rings (SSSR count). The minimum absolute atomic E-state index is 0.125. The van der Waals surface area contributed by atoms with Crippen molar-refractivity contribution in [1.82, 2.24) is 10.6 Å². The summed E-state index contributed by atoms with van der Waals surface area (Å²) in [6, 6.07) is 14.3. The molecule has 2 amide bonds. The van der Waals surface area contributed by atoms with Gasteiger partial charge in [-0.15, -0.1) is 0 Å². The van der Waals surface area contributed by atoms with Gasteiger partial charge in [0.1, 0.15) is 5.75 Å². The molecule has 0 atom stereocenters. The number of carbonyl (C=O) groups is 1. The Bertz CT molecular complexity index is 678. The van der Waals surface area contributed by atoms with E-state index in [4.69, 9.17) is 4.74 Å². The van der Waals surface area contributed by atoms with Crippen molar-refractivity contribution in [1.29, 1.82) is 0 Å². The molecule has 0 aliphatic heterocycles. The van der Waals surface area contributed by atoms with Crippen LogP contribution in [0.15, 0.2) is 42.5 Å². The summed E-state index contributed by atoms with van der Waals surface area (Å²) < 4.78 is 5.83. The molecule has 0 bridgehead atoms. The summed E-state index contributed by atoms with van der Waals surface area (Å²) in [5.41, 5.74) is 4.76. The number of urea groups is 1. The van der Waals surface area contributed by atoms with E-state index < -0.39 is 0 Å². The second kappa shape index (κ2) is 9.72. The lowest BCUT2D eigenvalue weighted by Crippen LogP contribution is -2.37. The molecule has 0 heterocycles. The number of hydrogen-bond donors (Lipinski definition) is 2. The average molecular weight is 340 g/mol. The Morgan fingerprint density at radius 3 is 2.36 bits per heavy atom. The van der Waals surface area contributed by atoms with Crippen LogP contribution in [0, 0.1) is 20.8 Å². The van der Waals surface area contributed by atoms with Crippen molar-refractivity contribution in [2.45, 2.75) is 33.6 Å². The van der Waals surface area contributed by atoms with Crippen LogP contribution in [0.4, 0.5) is 4.79 Å². The van der Waals surface area contributed by atoms with Gasteiger partial charge in [-0.05, 0) is 50.3 Å². The molecule has 0 saturated carbocycles. The van der Waals surface area contributed by atoms with Crippen molar-refractivity contribution in [2.24, 2.45) is 0 Å². The number of amides is 2. The predicted molar refractivity (Wildman–Crippen MR) is 102 cm³/mol. The summed E-state index contributed by atoms with van der Waals surface area (Å²) in [6.45, 7) is 7.99. The molecule has 2 N–H and O–H groups in total. The Balaban J connectivity index is 1.58. The Kier molecular flexibility index (Phi) is 7.33. The van der Waals surface area contributed by atoms with Crippen molar-refractivity contribution < 1.29 is 9.53 Å². The van der Waals surface area contributed by atoms with Crippen LogP contribution in [-0.2, 0) is 6.42 Å². The SMILES string of the molecule is Cc1cccc(CCNC(=O)NCCCOc2c(C)cccc2C)c1. The van der Waals surface area contributed by atoms with Gasteiger partial charge in [0.05, 0.1) is 6.61 Å². The first-order valence-electron chi connectivity index (χ1n) is 8.82. The Hall–Kier alpha value is -2.49. The average Bonchev–Trinajstić information content (AvgIpc) is 2.57. The molecule has 0 aliphatic carbocycles. The third kappa shape index (κ3) is 6.49. The van der Waals surface area contributed by atoms with Crippen LogP contribution < -0.4 is 15.4 Å². The zero-order valence-corrected chi connectivity index (χ0v) is 15.4. The third-order valence-electron chi connectivity index (χ3n) is 4.04. The molecule has 0 fully saturated rings. The van der Waals surface area contributed by atoms with E-state index in [-0.39, 0.29) is 6.03 Å². The zero-order valence-electron chi connectivity index (χ0n) is 15.4. The van der Waals surface area contributed by atoms with Crippen LogP contribution in [0.1, 0.15) is 28.7 Å². The van der Waals surface area contributed by atoms with Gasteiger partial charge in [-0.2, -0.15) is 0 Å². The first kappa shape index (κ1) is 18.8. The van der Waals surface area contributed by atoms with Crippen molar-refractivity contribution in [3.63, 3.8) is 0 Å². The number of aryl methyl sites for hydroxylation is 3. The monoisotopic (exact) mass is 340 g/mol. The standard InChI is InChI=1S/C21H28N2O2/c1-16-7-4-10-19(15-16)11-13-23-21(24)22-12-6-14-25-20-17(2)8-5-9-18(20)3/h4-5,7-10,15H,6,11-14H2,1-3H3,(H2,22,23,24). The summed E-state index contributed by atoms with van der Waals surface area (Å²) in [4.78, 5) is 11.8. The van der Waals surface area contributed by atoms with Gasteiger partial charge in [0.15, 0.2) is 0 Å². The fraction of sp³-hybridized carbons (Fsp3) is 0.381. The molecule has 0 spiro atoms. The normalized spacial score (nSPS) is 10.4. The Morgan fingerprint density at radius 2 is 1.64 bits per heavy atom. The molecule has 25 heavy (non-hydrogen) atoms. The first-order valence-corrected chi connectivity index (χ1v) is 8.82. The summed E-state index contributed by atoms with van der Waals surface area (Å²) in [6.07, 6.45) is 1.61. The molecule has 4 nitrogen and oxygen atoms in total. The van der Waals surface area contributed by atoms with Gasteiger partial charge in [0.2, 0.25) is 0 Å². The van der Waals surface area contributed by atoms with Crippen LogP contribution >= 0.6 is 0 Å². The molecule has 0 aliphatic rings. The summed E-state index contributed by atoms with van der Waals surface area (Å²) >= 11 is 0. The van der Waals surface area contributed by atoms with E-state index in [0.717, 1.165) is 29.7 Å². The third-order valence-corrected chi connectivity index (χ3v) is 4.04. The van der Waals surface area contributed by atoms with Crippen LogP contribution in [0.25, 0.3) is 0 Å². The summed E-state index contributed by atoms with van der Waals surface area (Å²) in [5.74, 6) is 0.949. The van der Waals surface area contributed by atoms with Gasteiger partial charge in [-0.1, -0.05) is 48.0 Å². The smallest absolute Gasteiger partial charge is 0.314 e. The topological polar surface area (TPSA) is 50.4 Å². The second-order valence-electron chi connectivity index (χ2n) is 6.34. The molecule has 2 aromatic rings. The van der Waals surface area contributed by atoms with Crippen LogP contribution in [-0.4, -0.2) is 25.7 Å². The molecule has 4 heteroatoms. The Morgan fingerprint density at radius 1 is 0.960 bits per heavy atom. The summed E-state index contributed by atoms with van der Waals surface area (Å²) in [5, 5.41) is 5.75. The fourth-order valence-corrected chi connectivity index (χ4v) is 2.73. The lowest BCUT2D eigenvalue weighted by atomic mass is 10.1. The van der Waals surface area contributed by atoms with Crippen LogP contribution in [0.5, 0.6) is 5.75 Å². The van der Waals surface area contributed by atoms with Crippen molar-refractivity contribution in [3.8, 4) is 5.75 Å². The molecule has 134 valence electrons. The highest BCUT2D eigenvalue weighted by Crippen LogP contribution is 2.22. The van der Waals surface area contributed by atoms with E-state index in [2.05, 4.69) is 35.8 Å². The van der Waals surface area contributed by atoms with Gasteiger partial charge >= 0.3 is 6.03 Å². The highest BCUT2D eigenvalue weighted by atomic mass is 16.5. The zero-order chi connectivity index (χ0) is 18.1. The highest BCUT2D eigenvalue weighted by molar-refractivity contribution is 5.73. The minimum atomic E-state index is -0.125. The fourth-order valence-electron chi connectivity index (χ4n) is 2.73. The maximum absolute atomic E-state index is 11.8. The first-order chi connectivity index (χ1) is 12.1. The number of nitrogens with one attached hydrogen (secondary N) is 2. The highest BCUT2D eigenvalue weighted by Gasteiger charge is 2.03. The van der Waals surface area contributed by atoms with E-state index in [0.29, 0.717) is 19.7 Å².